The summed E-state index contributed by atoms with van der Waals surface area (Å²) in [6.07, 6.45) is 0. The van der Waals surface area contributed by atoms with Gasteiger partial charge in [-0.1, -0.05) is 12.1 Å². The molecular weight excluding hydrogens is 322 g/mol. The van der Waals surface area contributed by atoms with Crippen molar-refractivity contribution >= 4 is 35.2 Å². The summed E-state index contributed by atoms with van der Waals surface area (Å²) in [6.45, 7) is 1.87. The molecular formula is C15H16ClN3O4. The molecule has 7 nitrogen and oxygen atoms in total. The second-order valence-corrected chi connectivity index (χ2v) is 5.24. The van der Waals surface area contributed by atoms with E-state index < -0.39 is 23.8 Å². The molecule has 122 valence electrons. The minimum atomic E-state index is -0.939. The Morgan fingerprint density at radius 1 is 1.09 bits per heavy atom. The number of halogens is 1. The zero-order valence-corrected chi connectivity index (χ0v) is 13.2. The van der Waals surface area contributed by atoms with Crippen LogP contribution in [0.15, 0.2) is 24.3 Å². The molecule has 2 rings (SSSR count). The quantitative estimate of drug-likeness (QED) is 0.438. The first-order chi connectivity index (χ1) is 11.0. The van der Waals surface area contributed by atoms with Gasteiger partial charge in [0.15, 0.2) is 0 Å². The van der Waals surface area contributed by atoms with Crippen LogP contribution in [-0.4, -0.2) is 53.5 Å². The van der Waals surface area contributed by atoms with E-state index in [2.05, 4.69) is 10.6 Å². The molecule has 2 N–H and O–H groups in total. The van der Waals surface area contributed by atoms with Gasteiger partial charge in [-0.15, -0.1) is 11.6 Å². The summed E-state index contributed by atoms with van der Waals surface area (Å²) in [5.74, 6) is -1.93. The van der Waals surface area contributed by atoms with Gasteiger partial charge in [-0.3, -0.25) is 24.1 Å². The van der Waals surface area contributed by atoms with Crippen molar-refractivity contribution in [2.24, 2.45) is 0 Å². The summed E-state index contributed by atoms with van der Waals surface area (Å²) in [7, 11) is 0. The van der Waals surface area contributed by atoms with E-state index in [1.54, 1.807) is 24.3 Å². The molecule has 1 aliphatic rings. The molecule has 8 heteroatoms. The molecule has 1 aliphatic heterocycles. The fourth-order valence-corrected chi connectivity index (χ4v) is 2.35. The Labute approximate surface area is 138 Å². The van der Waals surface area contributed by atoms with Crippen LogP contribution in [0, 0.1) is 0 Å². The smallest absolute Gasteiger partial charge is 0.262 e. The van der Waals surface area contributed by atoms with E-state index in [0.29, 0.717) is 11.1 Å². The highest BCUT2D eigenvalue weighted by molar-refractivity contribution is 6.27. The lowest BCUT2D eigenvalue weighted by molar-refractivity contribution is -0.124. The Kier molecular flexibility index (Phi) is 5.33. The molecule has 1 aromatic rings. The van der Waals surface area contributed by atoms with Gasteiger partial charge in [0.1, 0.15) is 11.9 Å². The van der Waals surface area contributed by atoms with E-state index in [9.17, 15) is 19.2 Å². The Balaban J connectivity index is 1.95. The van der Waals surface area contributed by atoms with E-state index in [0.717, 1.165) is 4.90 Å². The number of hydrogen-bond donors (Lipinski definition) is 2. The molecule has 0 saturated carbocycles. The highest BCUT2D eigenvalue weighted by Crippen LogP contribution is 2.24. The van der Waals surface area contributed by atoms with Crippen molar-refractivity contribution in [3.05, 3.63) is 35.4 Å². The largest absolute Gasteiger partial charge is 0.353 e. The van der Waals surface area contributed by atoms with E-state index in [1.165, 1.54) is 6.92 Å². The zero-order valence-electron chi connectivity index (χ0n) is 12.5. The first-order valence-corrected chi connectivity index (χ1v) is 7.58. The van der Waals surface area contributed by atoms with Crippen molar-refractivity contribution < 1.29 is 19.2 Å². The topological polar surface area (TPSA) is 95.6 Å². The zero-order chi connectivity index (χ0) is 17.0. The van der Waals surface area contributed by atoms with Crippen molar-refractivity contribution in [3.63, 3.8) is 0 Å². The number of fused-ring (bicyclic) bond motifs is 1. The number of benzene rings is 1. The predicted molar refractivity (Wildman–Crippen MR) is 83.1 cm³/mol. The van der Waals surface area contributed by atoms with E-state index in [-0.39, 0.29) is 24.9 Å². The molecule has 0 saturated heterocycles. The van der Waals surface area contributed by atoms with Crippen molar-refractivity contribution in [2.75, 3.05) is 19.0 Å². The van der Waals surface area contributed by atoms with E-state index >= 15 is 0 Å². The number of nitrogens with zero attached hydrogens (tertiary/aromatic N) is 1. The molecule has 0 aliphatic carbocycles. The lowest BCUT2D eigenvalue weighted by Crippen LogP contribution is -2.49. The summed E-state index contributed by atoms with van der Waals surface area (Å²) >= 11 is 5.33. The monoisotopic (exact) mass is 337 g/mol. The van der Waals surface area contributed by atoms with Crippen LogP contribution in [0.2, 0.25) is 0 Å². The third-order valence-corrected chi connectivity index (χ3v) is 3.70. The van der Waals surface area contributed by atoms with Gasteiger partial charge in [0, 0.05) is 13.1 Å². The maximum Gasteiger partial charge on any atom is 0.262 e. The molecule has 1 atom stereocenters. The molecule has 0 fully saturated rings. The molecule has 1 heterocycles. The number of hydrogen-bond acceptors (Lipinski definition) is 4. The predicted octanol–water partition coefficient (Wildman–Crippen LogP) is 0.142. The summed E-state index contributed by atoms with van der Waals surface area (Å²) < 4.78 is 0. The third kappa shape index (κ3) is 3.50. The number of nitrogens with one attached hydrogen (secondary N) is 2. The fraction of sp³-hybridized carbons (Fsp3) is 0.333. The molecule has 4 amide bonds. The van der Waals surface area contributed by atoms with Crippen molar-refractivity contribution in [1.82, 2.24) is 15.5 Å². The van der Waals surface area contributed by atoms with Gasteiger partial charge in [-0.2, -0.15) is 0 Å². The number of carbonyl (C=O) groups excluding carboxylic acids is 4. The normalized spacial score (nSPS) is 14.4. The summed E-state index contributed by atoms with van der Waals surface area (Å²) in [6, 6.07) is 5.51. The van der Waals surface area contributed by atoms with Gasteiger partial charge in [0.25, 0.3) is 11.8 Å². The molecule has 0 bridgehead atoms. The van der Waals surface area contributed by atoms with Crippen molar-refractivity contribution in [1.29, 1.82) is 0 Å². The van der Waals surface area contributed by atoms with Crippen LogP contribution in [0.25, 0.3) is 0 Å². The Hall–Kier alpha value is -2.41. The number of alkyl halides is 1. The van der Waals surface area contributed by atoms with Gasteiger partial charge in [-0.25, -0.2) is 0 Å². The average Bonchev–Trinajstić information content (AvgIpc) is 2.82. The van der Waals surface area contributed by atoms with Crippen LogP contribution >= 0.6 is 11.6 Å². The van der Waals surface area contributed by atoms with Crippen LogP contribution in [0.5, 0.6) is 0 Å². The molecule has 23 heavy (non-hydrogen) atoms. The molecule has 1 aromatic carbocycles. The van der Waals surface area contributed by atoms with Crippen molar-refractivity contribution in [2.45, 2.75) is 13.0 Å². The molecule has 1 unspecified atom stereocenters. The number of rotatable bonds is 6. The number of imide groups is 1. The first-order valence-electron chi connectivity index (χ1n) is 7.04. The maximum absolute atomic E-state index is 12.3. The van der Waals surface area contributed by atoms with Gasteiger partial charge in [0.2, 0.25) is 11.8 Å². The van der Waals surface area contributed by atoms with Crippen LogP contribution in [0.3, 0.4) is 0 Å². The lowest BCUT2D eigenvalue weighted by atomic mass is 10.1. The van der Waals surface area contributed by atoms with Crippen LogP contribution < -0.4 is 10.6 Å². The van der Waals surface area contributed by atoms with Gasteiger partial charge in [-0.05, 0) is 19.1 Å². The van der Waals surface area contributed by atoms with E-state index in [1.807, 2.05) is 0 Å². The second kappa shape index (κ2) is 7.23. The second-order valence-electron chi connectivity index (χ2n) is 4.98. The Morgan fingerprint density at radius 3 is 2.13 bits per heavy atom. The summed E-state index contributed by atoms with van der Waals surface area (Å²) in [5.41, 5.74) is 0.595. The highest BCUT2D eigenvalue weighted by atomic mass is 35.5. The summed E-state index contributed by atoms with van der Waals surface area (Å²) in [5, 5.41) is 5.06. The van der Waals surface area contributed by atoms with Crippen molar-refractivity contribution in [3.8, 4) is 0 Å². The fourth-order valence-electron chi connectivity index (χ4n) is 2.26. The minimum absolute atomic E-state index is 0.153. The van der Waals surface area contributed by atoms with Gasteiger partial charge < -0.3 is 10.6 Å². The minimum Gasteiger partial charge on any atom is -0.353 e. The summed E-state index contributed by atoms with van der Waals surface area (Å²) in [4.78, 5) is 48.5. The van der Waals surface area contributed by atoms with Gasteiger partial charge >= 0.3 is 0 Å². The SMILES string of the molecule is CC(C(=O)NCCNC(=O)CCl)N1C(=O)c2ccccc2C1=O. The van der Waals surface area contributed by atoms with Gasteiger partial charge in [0.05, 0.1) is 11.1 Å². The Morgan fingerprint density at radius 2 is 1.61 bits per heavy atom. The van der Waals surface area contributed by atoms with Crippen LogP contribution in [-0.2, 0) is 9.59 Å². The maximum atomic E-state index is 12.3. The third-order valence-electron chi connectivity index (χ3n) is 3.46. The molecule has 0 spiro atoms. The molecule has 0 aromatic heterocycles. The number of amides is 4. The number of carbonyl (C=O) groups is 4. The highest BCUT2D eigenvalue weighted by Gasteiger charge is 2.40. The lowest BCUT2D eigenvalue weighted by Gasteiger charge is -2.21. The van der Waals surface area contributed by atoms with E-state index in [4.69, 9.17) is 11.6 Å². The molecule has 0 radical (unpaired) electrons. The standard InChI is InChI=1S/C15H16ClN3O4/c1-9(13(21)18-7-6-17-12(20)8-16)19-14(22)10-4-2-3-5-11(10)15(19)23/h2-5,9H,6-8H2,1H3,(H,17,20)(H,18,21). The Bertz CT molecular complexity index is 627. The average molecular weight is 338 g/mol. The van der Waals surface area contributed by atoms with Crippen LogP contribution in [0.1, 0.15) is 27.6 Å². The van der Waals surface area contributed by atoms with Crippen LogP contribution in [0.4, 0.5) is 0 Å². The first kappa shape index (κ1) is 17.0.